The Morgan fingerprint density at radius 2 is 1.79 bits per heavy atom. The summed E-state index contributed by atoms with van der Waals surface area (Å²) in [5, 5.41) is 10.0. The second kappa shape index (κ2) is 7.07. The van der Waals surface area contributed by atoms with Crippen LogP contribution in [0.5, 0.6) is 0 Å². The molecule has 0 spiro atoms. The van der Waals surface area contributed by atoms with Gasteiger partial charge < -0.3 is 9.88 Å². The standard InChI is InChI=1S/C20H17N5O3/c1-12(26)25(10-13-5-3-2-4-6-13)11-14-7-8-15-16(9-14)21-20(28)18-17(19(15)27)22-24-23-18/h2-9H,10-11H2,1H3,(H,21,28)(H,22,23,24). The number of aromatic amines is 2. The molecule has 140 valence electrons. The highest BCUT2D eigenvalue weighted by molar-refractivity contribution is 5.86. The molecule has 0 unspecified atom stereocenters. The fourth-order valence-corrected chi connectivity index (χ4v) is 3.16. The number of rotatable bonds is 4. The van der Waals surface area contributed by atoms with Crippen molar-refractivity contribution in [1.29, 1.82) is 0 Å². The normalized spacial score (nSPS) is 11.0. The van der Waals surface area contributed by atoms with E-state index in [2.05, 4.69) is 20.4 Å². The number of aromatic nitrogens is 4. The summed E-state index contributed by atoms with van der Waals surface area (Å²) in [6.07, 6.45) is 0. The van der Waals surface area contributed by atoms with Gasteiger partial charge in [-0.3, -0.25) is 19.5 Å². The number of nitrogens with one attached hydrogen (secondary N) is 2. The van der Waals surface area contributed by atoms with Crippen LogP contribution < -0.4 is 11.0 Å². The number of nitrogens with zero attached hydrogens (tertiary/aromatic N) is 3. The van der Waals surface area contributed by atoms with E-state index >= 15 is 0 Å². The van der Waals surface area contributed by atoms with Crippen LogP contribution in [0.15, 0.2) is 58.1 Å². The molecule has 8 nitrogen and oxygen atoms in total. The van der Waals surface area contributed by atoms with Gasteiger partial charge in [0.05, 0.1) is 5.52 Å². The third-order valence-electron chi connectivity index (χ3n) is 4.60. The molecule has 0 saturated carbocycles. The zero-order chi connectivity index (χ0) is 19.7. The zero-order valence-corrected chi connectivity index (χ0v) is 15.1. The van der Waals surface area contributed by atoms with Crippen molar-refractivity contribution in [3.63, 3.8) is 0 Å². The van der Waals surface area contributed by atoms with E-state index in [0.717, 1.165) is 11.1 Å². The van der Waals surface area contributed by atoms with Gasteiger partial charge in [0.1, 0.15) is 5.52 Å². The second-order valence-electron chi connectivity index (χ2n) is 6.56. The first kappa shape index (κ1) is 17.6. The van der Waals surface area contributed by atoms with Gasteiger partial charge in [-0.25, -0.2) is 0 Å². The summed E-state index contributed by atoms with van der Waals surface area (Å²) >= 11 is 0. The zero-order valence-electron chi connectivity index (χ0n) is 15.1. The van der Waals surface area contributed by atoms with Gasteiger partial charge in [0.2, 0.25) is 11.3 Å². The molecule has 4 rings (SSSR count). The van der Waals surface area contributed by atoms with E-state index in [0.29, 0.717) is 24.0 Å². The highest BCUT2D eigenvalue weighted by Gasteiger charge is 2.13. The molecule has 0 saturated heterocycles. The molecule has 0 aliphatic heterocycles. The van der Waals surface area contributed by atoms with E-state index < -0.39 is 5.56 Å². The first-order valence-corrected chi connectivity index (χ1v) is 8.72. The van der Waals surface area contributed by atoms with Crippen LogP contribution in [0, 0.1) is 0 Å². The molecular formula is C20H17N5O3. The fourth-order valence-electron chi connectivity index (χ4n) is 3.16. The summed E-state index contributed by atoms with van der Waals surface area (Å²) < 4.78 is 0. The van der Waals surface area contributed by atoms with Crippen LogP contribution in [0.3, 0.4) is 0 Å². The predicted molar refractivity (Wildman–Crippen MR) is 105 cm³/mol. The Morgan fingerprint density at radius 1 is 1.04 bits per heavy atom. The van der Waals surface area contributed by atoms with E-state index in [9.17, 15) is 14.4 Å². The van der Waals surface area contributed by atoms with Crippen molar-refractivity contribution in [2.75, 3.05) is 0 Å². The van der Waals surface area contributed by atoms with Crippen molar-refractivity contribution < 1.29 is 4.79 Å². The van der Waals surface area contributed by atoms with E-state index in [1.807, 2.05) is 30.3 Å². The first-order chi connectivity index (χ1) is 13.5. The molecule has 1 amide bonds. The molecule has 28 heavy (non-hydrogen) atoms. The van der Waals surface area contributed by atoms with Gasteiger partial charge in [-0.2, -0.15) is 0 Å². The topological polar surface area (TPSA) is 112 Å². The Hall–Kier alpha value is -3.81. The minimum atomic E-state index is -0.499. The third-order valence-corrected chi connectivity index (χ3v) is 4.60. The number of benzene rings is 2. The average molecular weight is 375 g/mol. The van der Waals surface area contributed by atoms with Crippen LogP contribution >= 0.6 is 0 Å². The summed E-state index contributed by atoms with van der Waals surface area (Å²) in [6.45, 7) is 2.34. The molecule has 0 aliphatic carbocycles. The van der Waals surface area contributed by atoms with Gasteiger partial charge in [0, 0.05) is 25.4 Å². The summed E-state index contributed by atoms with van der Waals surface area (Å²) in [7, 11) is 0. The molecule has 0 bridgehead atoms. The molecule has 0 aliphatic rings. The minimum absolute atomic E-state index is 0.0304. The smallest absolute Gasteiger partial charge is 0.278 e. The Balaban J connectivity index is 1.74. The SMILES string of the molecule is CC(=O)N(Cc1ccccc1)Cc1ccc2c(=O)c3[nH]nnc3c(=O)[nH]c2c1. The molecule has 0 fully saturated rings. The van der Waals surface area contributed by atoms with E-state index in [1.165, 1.54) is 6.92 Å². The minimum Gasteiger partial charge on any atom is -0.334 e. The van der Waals surface area contributed by atoms with Crippen LogP contribution in [-0.4, -0.2) is 31.2 Å². The van der Waals surface area contributed by atoms with Crippen LogP contribution in [0.1, 0.15) is 18.1 Å². The van der Waals surface area contributed by atoms with Crippen LogP contribution in [0.25, 0.3) is 21.9 Å². The molecule has 2 heterocycles. The lowest BCUT2D eigenvalue weighted by atomic mass is 10.1. The first-order valence-electron chi connectivity index (χ1n) is 8.72. The van der Waals surface area contributed by atoms with Crippen molar-refractivity contribution in [3.8, 4) is 0 Å². The maximum atomic E-state index is 12.6. The average Bonchev–Trinajstić information content (AvgIpc) is 3.15. The predicted octanol–water partition coefficient (Wildman–Crippen LogP) is 1.71. The molecule has 2 aromatic carbocycles. The van der Waals surface area contributed by atoms with Gasteiger partial charge >= 0.3 is 0 Å². The van der Waals surface area contributed by atoms with Crippen molar-refractivity contribution in [2.45, 2.75) is 20.0 Å². The summed E-state index contributed by atoms with van der Waals surface area (Å²) in [4.78, 5) is 41.5. The van der Waals surface area contributed by atoms with Crippen molar-refractivity contribution in [1.82, 2.24) is 25.3 Å². The number of carbonyl (C=O) groups excluding carboxylic acids is 1. The van der Waals surface area contributed by atoms with Crippen molar-refractivity contribution in [3.05, 3.63) is 80.2 Å². The van der Waals surface area contributed by atoms with Crippen molar-refractivity contribution >= 4 is 27.8 Å². The van der Waals surface area contributed by atoms with Crippen molar-refractivity contribution in [2.24, 2.45) is 0 Å². The molecule has 2 N–H and O–H groups in total. The van der Waals surface area contributed by atoms with Gasteiger partial charge in [0.15, 0.2) is 5.52 Å². The largest absolute Gasteiger partial charge is 0.334 e. The second-order valence-corrected chi connectivity index (χ2v) is 6.56. The highest BCUT2D eigenvalue weighted by atomic mass is 16.2. The number of amides is 1. The summed E-state index contributed by atoms with van der Waals surface area (Å²) in [5.41, 5.74) is 1.40. The van der Waals surface area contributed by atoms with Gasteiger partial charge in [-0.1, -0.05) is 41.6 Å². The maximum absolute atomic E-state index is 12.6. The number of H-pyrrole nitrogens is 2. The lowest BCUT2D eigenvalue weighted by Gasteiger charge is -2.21. The number of fused-ring (bicyclic) bond motifs is 2. The Kier molecular flexibility index (Phi) is 4.44. The van der Waals surface area contributed by atoms with E-state index in [1.54, 1.807) is 23.1 Å². The summed E-state index contributed by atoms with van der Waals surface area (Å²) in [5.74, 6) is -0.0656. The fraction of sp³-hybridized carbons (Fsp3) is 0.150. The quantitative estimate of drug-likeness (QED) is 0.564. The van der Waals surface area contributed by atoms with Crippen LogP contribution in [-0.2, 0) is 17.9 Å². The lowest BCUT2D eigenvalue weighted by molar-refractivity contribution is -0.130. The number of carbonyl (C=O) groups is 1. The van der Waals surface area contributed by atoms with Gasteiger partial charge in [-0.05, 0) is 23.3 Å². The number of hydrogen-bond acceptors (Lipinski definition) is 5. The molecular weight excluding hydrogens is 358 g/mol. The molecule has 2 aromatic heterocycles. The molecule has 8 heteroatoms. The van der Waals surface area contributed by atoms with Crippen LogP contribution in [0.4, 0.5) is 0 Å². The van der Waals surface area contributed by atoms with Gasteiger partial charge in [-0.15, -0.1) is 5.10 Å². The molecule has 4 aromatic rings. The molecule has 0 radical (unpaired) electrons. The summed E-state index contributed by atoms with van der Waals surface area (Å²) in [6, 6.07) is 14.8. The van der Waals surface area contributed by atoms with Gasteiger partial charge in [0.25, 0.3) is 5.56 Å². The molecule has 0 atom stereocenters. The Labute approximate surface area is 158 Å². The lowest BCUT2D eigenvalue weighted by Crippen LogP contribution is -2.27. The Bertz CT molecular complexity index is 1290. The Morgan fingerprint density at radius 3 is 2.54 bits per heavy atom. The highest BCUT2D eigenvalue weighted by Crippen LogP contribution is 2.15. The maximum Gasteiger partial charge on any atom is 0.278 e. The van der Waals surface area contributed by atoms with E-state index in [-0.39, 0.29) is 22.4 Å². The monoisotopic (exact) mass is 375 g/mol. The van der Waals surface area contributed by atoms with E-state index in [4.69, 9.17) is 0 Å². The number of hydrogen-bond donors (Lipinski definition) is 2. The van der Waals surface area contributed by atoms with Crippen LogP contribution in [0.2, 0.25) is 0 Å². The third kappa shape index (κ3) is 3.27.